The molecule has 0 N–H and O–H groups in total. The number of fused-ring (bicyclic) bond motifs is 5. The lowest BCUT2D eigenvalue weighted by Crippen LogP contribution is -2.59. The van der Waals surface area contributed by atoms with Gasteiger partial charge in [-0.15, -0.1) is 0 Å². The van der Waals surface area contributed by atoms with Crippen LogP contribution < -0.4 is 0 Å². The molecule has 3 aliphatic rings. The van der Waals surface area contributed by atoms with Crippen LogP contribution >= 0.6 is 0 Å². The molecule has 3 unspecified atom stereocenters. The second-order valence-corrected chi connectivity index (χ2v) is 9.68. The summed E-state index contributed by atoms with van der Waals surface area (Å²) < 4.78 is 7.38. The molecule has 0 radical (unpaired) electrons. The number of carbonyl (C=O) groups is 1. The van der Waals surface area contributed by atoms with Crippen molar-refractivity contribution in [1.82, 2.24) is 0 Å². The van der Waals surface area contributed by atoms with Crippen molar-refractivity contribution in [3.8, 4) is 0 Å². The number of ether oxygens (including phenoxy) is 1. The zero-order valence-corrected chi connectivity index (χ0v) is 17.0. The summed E-state index contributed by atoms with van der Waals surface area (Å²) in [5, 5.41) is 0. The molecule has 28 heavy (non-hydrogen) atoms. The first kappa shape index (κ1) is 17.9. The topological polar surface area (TPSA) is 26.3 Å². The smallest absolute Gasteiger partial charge is 0.321 e. The van der Waals surface area contributed by atoms with E-state index in [1.807, 2.05) is 67.6 Å². The molecule has 2 heterocycles. The first-order chi connectivity index (χ1) is 13.4. The fourth-order valence-electron chi connectivity index (χ4n) is 6.19. The fourth-order valence-corrected chi connectivity index (χ4v) is 6.19. The zero-order chi connectivity index (χ0) is 19.5. The maximum Gasteiger partial charge on any atom is 0.321 e. The van der Waals surface area contributed by atoms with Gasteiger partial charge in [-0.1, -0.05) is 60.7 Å². The quantitative estimate of drug-likeness (QED) is 0.592. The molecule has 146 valence electrons. The van der Waals surface area contributed by atoms with E-state index < -0.39 is 5.41 Å². The van der Waals surface area contributed by atoms with Gasteiger partial charge < -0.3 is 9.22 Å². The van der Waals surface area contributed by atoms with Gasteiger partial charge >= 0.3 is 5.97 Å². The van der Waals surface area contributed by atoms with E-state index in [4.69, 9.17) is 4.74 Å². The third-order valence-corrected chi connectivity index (χ3v) is 7.98. The SMILES string of the molecule is CC(C(=O)OC1CC2C3C[C@H]3[C@H](C1)[N+]2(C)C)(c1ccccc1)c1ccccc1. The summed E-state index contributed by atoms with van der Waals surface area (Å²) in [6.45, 7) is 2.01. The van der Waals surface area contributed by atoms with E-state index in [-0.39, 0.29) is 12.1 Å². The minimum absolute atomic E-state index is 0.0493. The van der Waals surface area contributed by atoms with Crippen LogP contribution in [0.2, 0.25) is 0 Å². The Morgan fingerprint density at radius 3 is 1.79 bits per heavy atom. The number of quaternary nitrogens is 1. The predicted molar refractivity (Wildman–Crippen MR) is 110 cm³/mol. The monoisotopic (exact) mass is 376 g/mol. The Hall–Kier alpha value is -2.13. The van der Waals surface area contributed by atoms with Gasteiger partial charge in [-0.05, 0) is 24.5 Å². The molecule has 2 aromatic carbocycles. The van der Waals surface area contributed by atoms with Crippen LogP contribution in [0.25, 0.3) is 0 Å². The van der Waals surface area contributed by atoms with Crippen LogP contribution in [-0.4, -0.2) is 42.7 Å². The predicted octanol–water partition coefficient (Wildman–Crippen LogP) is 4.16. The summed E-state index contributed by atoms with van der Waals surface area (Å²) in [5.74, 6) is 1.60. The highest BCUT2D eigenvalue weighted by molar-refractivity contribution is 5.87. The third kappa shape index (κ3) is 2.56. The lowest BCUT2D eigenvalue weighted by atomic mass is 9.76. The minimum atomic E-state index is -0.785. The van der Waals surface area contributed by atoms with Gasteiger partial charge in [0.05, 0.1) is 26.2 Å². The van der Waals surface area contributed by atoms with E-state index >= 15 is 0 Å². The van der Waals surface area contributed by atoms with Crippen LogP contribution in [0.3, 0.4) is 0 Å². The van der Waals surface area contributed by atoms with Crippen molar-refractivity contribution in [1.29, 1.82) is 0 Å². The molecule has 2 aromatic rings. The molecule has 0 amide bonds. The number of hydrogen-bond donors (Lipinski definition) is 0. The average Bonchev–Trinajstić information content (AvgIpc) is 3.47. The molecule has 3 nitrogen and oxygen atoms in total. The number of esters is 1. The normalized spacial score (nSPS) is 32.5. The van der Waals surface area contributed by atoms with E-state index in [9.17, 15) is 4.79 Å². The van der Waals surface area contributed by atoms with E-state index in [0.29, 0.717) is 12.1 Å². The third-order valence-electron chi connectivity index (χ3n) is 7.98. The Morgan fingerprint density at radius 1 is 0.857 bits per heavy atom. The number of benzene rings is 2. The van der Waals surface area contributed by atoms with Gasteiger partial charge in [0.1, 0.15) is 11.5 Å². The molecule has 2 saturated heterocycles. The highest BCUT2D eigenvalue weighted by Gasteiger charge is 2.68. The zero-order valence-electron chi connectivity index (χ0n) is 17.0. The van der Waals surface area contributed by atoms with Gasteiger partial charge in [0.25, 0.3) is 0 Å². The second kappa shape index (κ2) is 6.18. The second-order valence-electron chi connectivity index (χ2n) is 9.68. The van der Waals surface area contributed by atoms with Crippen molar-refractivity contribution < 1.29 is 14.0 Å². The lowest BCUT2D eigenvalue weighted by molar-refractivity contribution is -0.937. The lowest BCUT2D eigenvalue weighted by Gasteiger charge is -2.46. The number of rotatable bonds is 4. The number of carbonyl (C=O) groups excluding carboxylic acids is 1. The molecule has 3 heteroatoms. The summed E-state index contributed by atoms with van der Waals surface area (Å²) in [5.41, 5.74) is 1.19. The molecule has 2 aliphatic heterocycles. The van der Waals surface area contributed by atoms with E-state index in [2.05, 4.69) is 14.1 Å². The number of piperidine rings is 2. The van der Waals surface area contributed by atoms with Gasteiger partial charge in [-0.25, -0.2) is 0 Å². The minimum Gasteiger partial charge on any atom is -0.461 e. The van der Waals surface area contributed by atoms with Gasteiger partial charge in [0.15, 0.2) is 0 Å². The summed E-state index contributed by atoms with van der Waals surface area (Å²) >= 11 is 0. The highest BCUT2D eigenvalue weighted by Crippen LogP contribution is 2.61. The highest BCUT2D eigenvalue weighted by atomic mass is 16.5. The largest absolute Gasteiger partial charge is 0.461 e. The van der Waals surface area contributed by atoms with Crippen molar-refractivity contribution in [3.05, 3.63) is 71.8 Å². The standard InChI is InChI=1S/C25H30NO2/c1-25(17-10-6-4-7-11-17,18-12-8-5-9-13-18)24(27)28-19-14-22-20-16-21(20)23(15-19)26(22,2)3/h4-13,19-23H,14-16H2,1-3H3/q+1/t19?,20-,21?,22+,23?/m1/s1. The van der Waals surface area contributed by atoms with Crippen molar-refractivity contribution in [2.24, 2.45) is 11.8 Å². The summed E-state index contributed by atoms with van der Waals surface area (Å²) in [6.07, 6.45) is 3.46. The summed E-state index contributed by atoms with van der Waals surface area (Å²) in [4.78, 5) is 13.6. The van der Waals surface area contributed by atoms with Crippen molar-refractivity contribution in [2.75, 3.05) is 14.1 Å². The molecule has 2 bridgehead atoms. The number of nitrogens with zero attached hydrogens (tertiary/aromatic N) is 1. The van der Waals surface area contributed by atoms with Crippen LogP contribution in [0.15, 0.2) is 60.7 Å². The molecule has 5 atom stereocenters. The van der Waals surface area contributed by atoms with E-state index in [1.165, 1.54) is 6.42 Å². The van der Waals surface area contributed by atoms with Crippen molar-refractivity contribution in [2.45, 2.75) is 49.8 Å². The average molecular weight is 377 g/mol. The maximum absolute atomic E-state index is 13.6. The van der Waals surface area contributed by atoms with Crippen LogP contribution in [0, 0.1) is 11.8 Å². The van der Waals surface area contributed by atoms with Crippen molar-refractivity contribution >= 4 is 5.97 Å². The molecule has 5 rings (SSSR count). The Labute approximate surface area is 167 Å². The van der Waals surface area contributed by atoms with E-state index in [0.717, 1.165) is 40.3 Å². The summed E-state index contributed by atoms with van der Waals surface area (Å²) in [6, 6.07) is 21.4. The molecular formula is C25H30NO2+. The Bertz CT molecular complexity index is 816. The van der Waals surface area contributed by atoms with Gasteiger partial charge in [-0.3, -0.25) is 4.79 Å². The van der Waals surface area contributed by atoms with Crippen LogP contribution in [0.5, 0.6) is 0 Å². The Morgan fingerprint density at radius 2 is 1.32 bits per heavy atom. The van der Waals surface area contributed by atoms with Crippen LogP contribution in [0.4, 0.5) is 0 Å². The van der Waals surface area contributed by atoms with E-state index in [1.54, 1.807) is 0 Å². The van der Waals surface area contributed by atoms with Gasteiger partial charge in [0, 0.05) is 24.7 Å². The van der Waals surface area contributed by atoms with Gasteiger partial charge in [0.2, 0.25) is 0 Å². The Kier molecular flexibility index (Phi) is 3.96. The fraction of sp³-hybridized carbons (Fsp3) is 0.480. The van der Waals surface area contributed by atoms with Crippen LogP contribution in [-0.2, 0) is 14.9 Å². The molecule has 1 saturated carbocycles. The molecule has 3 fully saturated rings. The molecule has 0 spiro atoms. The molecule has 1 aliphatic carbocycles. The molecule has 0 aromatic heterocycles. The number of hydrogen-bond acceptors (Lipinski definition) is 2. The van der Waals surface area contributed by atoms with Crippen LogP contribution in [0.1, 0.15) is 37.3 Å². The summed E-state index contributed by atoms with van der Waals surface area (Å²) in [7, 11) is 4.75. The van der Waals surface area contributed by atoms with Gasteiger partial charge in [-0.2, -0.15) is 0 Å². The maximum atomic E-state index is 13.6. The Balaban J connectivity index is 1.42. The molecular weight excluding hydrogens is 346 g/mol. The first-order valence-corrected chi connectivity index (χ1v) is 10.6. The first-order valence-electron chi connectivity index (χ1n) is 10.6. The van der Waals surface area contributed by atoms with Crippen molar-refractivity contribution in [3.63, 3.8) is 0 Å².